The van der Waals surface area contributed by atoms with Gasteiger partial charge in [0, 0.05) is 12.6 Å². The first-order valence-corrected chi connectivity index (χ1v) is 8.25. The molecule has 1 atom stereocenters. The van der Waals surface area contributed by atoms with E-state index in [-0.39, 0.29) is 0 Å². The summed E-state index contributed by atoms with van der Waals surface area (Å²) in [4.78, 5) is 0. The Balaban J connectivity index is 1.42. The average molecular weight is 289 g/mol. The zero-order chi connectivity index (χ0) is 14.8. The third-order valence-corrected chi connectivity index (χ3v) is 4.61. The van der Waals surface area contributed by atoms with Crippen molar-refractivity contribution >= 4 is 0 Å². The van der Waals surface area contributed by atoms with Gasteiger partial charge in [0.25, 0.3) is 0 Å². The minimum Gasteiger partial charge on any atom is -0.491 e. The van der Waals surface area contributed by atoms with Crippen LogP contribution in [0.25, 0.3) is 0 Å². The Morgan fingerprint density at radius 2 is 1.86 bits per heavy atom. The van der Waals surface area contributed by atoms with Gasteiger partial charge in [0.2, 0.25) is 0 Å². The second-order valence-corrected chi connectivity index (χ2v) is 6.84. The van der Waals surface area contributed by atoms with Crippen molar-refractivity contribution < 1.29 is 9.84 Å². The van der Waals surface area contributed by atoms with Gasteiger partial charge >= 0.3 is 0 Å². The molecule has 2 aliphatic rings. The van der Waals surface area contributed by atoms with Crippen LogP contribution in [-0.4, -0.2) is 30.4 Å². The van der Waals surface area contributed by atoms with E-state index in [0.717, 1.165) is 23.1 Å². The first-order chi connectivity index (χ1) is 10.1. The Morgan fingerprint density at radius 1 is 1.19 bits per heavy atom. The van der Waals surface area contributed by atoms with Gasteiger partial charge in [0.05, 0.1) is 0 Å². The summed E-state index contributed by atoms with van der Waals surface area (Å²) < 4.78 is 5.75. The monoisotopic (exact) mass is 289 g/mol. The number of hydrogen-bond acceptors (Lipinski definition) is 3. The van der Waals surface area contributed by atoms with Gasteiger partial charge in [-0.3, -0.25) is 0 Å². The summed E-state index contributed by atoms with van der Waals surface area (Å²) in [6.07, 6.45) is 5.02. The number of aliphatic hydroxyl groups is 1. The molecule has 0 radical (unpaired) electrons. The second-order valence-electron chi connectivity index (χ2n) is 6.84. The molecule has 2 saturated carbocycles. The summed E-state index contributed by atoms with van der Waals surface area (Å²) in [5.41, 5.74) is 2.36. The van der Waals surface area contributed by atoms with Crippen LogP contribution >= 0.6 is 0 Å². The van der Waals surface area contributed by atoms with Crippen LogP contribution in [0.3, 0.4) is 0 Å². The van der Waals surface area contributed by atoms with Crippen LogP contribution in [0.2, 0.25) is 0 Å². The Bertz CT molecular complexity index is 468. The van der Waals surface area contributed by atoms with Crippen molar-refractivity contribution in [2.24, 2.45) is 11.8 Å². The maximum atomic E-state index is 10.1. The quantitative estimate of drug-likeness (QED) is 0.773. The SMILES string of the molecule is Cc1ccc(OCC(O)CNC(C2CC2)C2CC2)c(C)c1. The molecule has 116 valence electrons. The van der Waals surface area contributed by atoms with Gasteiger partial charge in [-0.2, -0.15) is 0 Å². The number of aliphatic hydroxyl groups excluding tert-OH is 1. The molecule has 1 aromatic carbocycles. The molecular formula is C18H27NO2. The zero-order valence-corrected chi connectivity index (χ0v) is 13.1. The maximum Gasteiger partial charge on any atom is 0.122 e. The van der Waals surface area contributed by atoms with Gasteiger partial charge in [-0.05, 0) is 63.0 Å². The first kappa shape index (κ1) is 14.9. The van der Waals surface area contributed by atoms with Gasteiger partial charge < -0.3 is 15.2 Å². The normalized spacial score (nSPS) is 19.8. The van der Waals surface area contributed by atoms with Crippen LogP contribution in [0.1, 0.15) is 36.8 Å². The van der Waals surface area contributed by atoms with E-state index in [1.807, 2.05) is 19.1 Å². The number of ether oxygens (including phenoxy) is 1. The molecule has 0 aliphatic heterocycles. The van der Waals surface area contributed by atoms with E-state index in [4.69, 9.17) is 4.74 Å². The molecule has 0 saturated heterocycles. The number of benzene rings is 1. The summed E-state index contributed by atoms with van der Waals surface area (Å²) in [5, 5.41) is 13.7. The highest BCUT2D eigenvalue weighted by Crippen LogP contribution is 2.44. The van der Waals surface area contributed by atoms with Gasteiger partial charge in [0.15, 0.2) is 0 Å². The van der Waals surface area contributed by atoms with Crippen LogP contribution in [0.5, 0.6) is 5.75 Å². The first-order valence-electron chi connectivity index (χ1n) is 8.25. The van der Waals surface area contributed by atoms with Crippen LogP contribution in [-0.2, 0) is 0 Å². The van der Waals surface area contributed by atoms with Gasteiger partial charge in [-0.15, -0.1) is 0 Å². The Hall–Kier alpha value is -1.06. The Morgan fingerprint density at radius 3 is 2.43 bits per heavy atom. The standard InChI is InChI=1S/C18H27NO2/c1-12-3-8-17(13(2)9-12)21-11-16(20)10-19-18(14-4-5-14)15-6-7-15/h3,8-9,14-16,18-20H,4-7,10-11H2,1-2H3. The molecule has 21 heavy (non-hydrogen) atoms. The Kier molecular flexibility index (Phi) is 4.51. The maximum absolute atomic E-state index is 10.1. The molecule has 0 bridgehead atoms. The molecule has 0 heterocycles. The van der Waals surface area contributed by atoms with Crippen LogP contribution < -0.4 is 10.1 Å². The number of aryl methyl sites for hydroxylation is 2. The molecule has 2 fully saturated rings. The van der Waals surface area contributed by atoms with Crippen molar-refractivity contribution in [2.45, 2.75) is 51.7 Å². The van der Waals surface area contributed by atoms with Gasteiger partial charge in [-0.25, -0.2) is 0 Å². The smallest absolute Gasteiger partial charge is 0.122 e. The van der Waals surface area contributed by atoms with Crippen molar-refractivity contribution in [3.05, 3.63) is 29.3 Å². The van der Waals surface area contributed by atoms with Crippen molar-refractivity contribution in [2.75, 3.05) is 13.2 Å². The average Bonchev–Trinajstić information content (AvgIpc) is 3.31. The topological polar surface area (TPSA) is 41.5 Å². The summed E-state index contributed by atoms with van der Waals surface area (Å²) >= 11 is 0. The molecule has 0 amide bonds. The molecule has 0 spiro atoms. The fourth-order valence-corrected chi connectivity index (χ4v) is 3.11. The van der Waals surface area contributed by atoms with Crippen molar-refractivity contribution in [1.29, 1.82) is 0 Å². The zero-order valence-electron chi connectivity index (χ0n) is 13.1. The molecule has 0 aromatic heterocycles. The summed E-state index contributed by atoms with van der Waals surface area (Å²) in [6.45, 7) is 5.12. The van der Waals surface area contributed by atoms with E-state index in [9.17, 15) is 5.11 Å². The van der Waals surface area contributed by atoms with E-state index in [1.165, 1.54) is 31.2 Å². The fraction of sp³-hybridized carbons (Fsp3) is 0.667. The number of rotatable bonds is 8. The van der Waals surface area contributed by atoms with E-state index >= 15 is 0 Å². The lowest BCUT2D eigenvalue weighted by Crippen LogP contribution is -2.40. The highest BCUT2D eigenvalue weighted by molar-refractivity contribution is 5.35. The lowest BCUT2D eigenvalue weighted by Gasteiger charge is -2.20. The predicted octanol–water partition coefficient (Wildman–Crippen LogP) is 2.82. The second kappa shape index (κ2) is 6.37. The van der Waals surface area contributed by atoms with Crippen LogP contribution in [0.15, 0.2) is 18.2 Å². The Labute approximate surface area is 127 Å². The van der Waals surface area contributed by atoms with Crippen LogP contribution in [0.4, 0.5) is 0 Å². The van der Waals surface area contributed by atoms with Crippen LogP contribution in [0, 0.1) is 25.7 Å². The molecule has 1 unspecified atom stereocenters. The largest absolute Gasteiger partial charge is 0.491 e. The highest BCUT2D eigenvalue weighted by atomic mass is 16.5. The van der Waals surface area contributed by atoms with Gasteiger partial charge in [-0.1, -0.05) is 17.7 Å². The third kappa shape index (κ3) is 4.21. The van der Waals surface area contributed by atoms with Crippen molar-refractivity contribution in [3.8, 4) is 5.75 Å². The van der Waals surface area contributed by atoms with Gasteiger partial charge in [0.1, 0.15) is 18.5 Å². The highest BCUT2D eigenvalue weighted by Gasteiger charge is 2.41. The summed E-state index contributed by atoms with van der Waals surface area (Å²) in [5.74, 6) is 2.61. The lowest BCUT2D eigenvalue weighted by molar-refractivity contribution is 0.101. The lowest BCUT2D eigenvalue weighted by atomic mass is 10.1. The molecule has 2 aliphatic carbocycles. The fourth-order valence-electron chi connectivity index (χ4n) is 3.11. The third-order valence-electron chi connectivity index (χ3n) is 4.61. The molecule has 3 heteroatoms. The number of hydrogen-bond donors (Lipinski definition) is 2. The summed E-state index contributed by atoms with van der Waals surface area (Å²) in [6, 6.07) is 6.78. The van der Waals surface area contributed by atoms with E-state index in [0.29, 0.717) is 19.2 Å². The number of nitrogens with one attached hydrogen (secondary N) is 1. The van der Waals surface area contributed by atoms with E-state index < -0.39 is 6.10 Å². The molecule has 2 N–H and O–H groups in total. The predicted molar refractivity (Wildman–Crippen MR) is 84.7 cm³/mol. The van der Waals surface area contributed by atoms with E-state index in [1.54, 1.807) is 0 Å². The molecule has 1 aromatic rings. The minimum atomic E-state index is -0.439. The molecule has 3 rings (SSSR count). The molecule has 3 nitrogen and oxygen atoms in total. The summed E-state index contributed by atoms with van der Waals surface area (Å²) in [7, 11) is 0. The van der Waals surface area contributed by atoms with E-state index in [2.05, 4.69) is 18.3 Å². The van der Waals surface area contributed by atoms with Crippen molar-refractivity contribution in [1.82, 2.24) is 5.32 Å². The van der Waals surface area contributed by atoms with Crippen molar-refractivity contribution in [3.63, 3.8) is 0 Å². The minimum absolute atomic E-state index is 0.360. The molecular weight excluding hydrogens is 262 g/mol.